The third kappa shape index (κ3) is 26.0. The zero-order valence-electron chi connectivity index (χ0n) is 16.0. The average molecular weight is 533 g/mol. The SMILES string of the molecule is O=C([O-])C(O)C(O)C(=O)[O-].O=C([O-])CC(O)(CC(=O)[O-])C(=O)[O-].[K+].[K+].[K+].[K+].[K+]. The molecule has 2 unspecified atom stereocenters. The van der Waals surface area contributed by atoms with Gasteiger partial charge in [-0.3, -0.25) is 0 Å². The van der Waals surface area contributed by atoms with E-state index in [4.69, 9.17) is 15.3 Å². The maximum absolute atomic E-state index is 10.1. The summed E-state index contributed by atoms with van der Waals surface area (Å²) in [6, 6.07) is 0. The Labute approximate surface area is 371 Å². The maximum Gasteiger partial charge on any atom is 1.00 e. The molecule has 28 heavy (non-hydrogen) atoms. The molecule has 0 saturated carbocycles. The molecule has 13 nitrogen and oxygen atoms in total. The van der Waals surface area contributed by atoms with E-state index >= 15 is 0 Å². The topological polar surface area (TPSA) is 261 Å². The number of hydrogen-bond donors (Lipinski definition) is 3. The number of hydrogen-bond acceptors (Lipinski definition) is 13. The van der Waals surface area contributed by atoms with E-state index in [-0.39, 0.29) is 257 Å². The molecule has 18 heteroatoms. The summed E-state index contributed by atoms with van der Waals surface area (Å²) in [4.78, 5) is 49.3. The average Bonchev–Trinajstić information content (AvgIpc) is 2.35. The number of rotatable bonds is 8. The van der Waals surface area contributed by atoms with E-state index in [1.54, 1.807) is 0 Å². The molecule has 3 N–H and O–H groups in total. The number of aliphatic carboxylic acids is 5. The Morgan fingerprint density at radius 2 is 0.857 bits per heavy atom. The summed E-state index contributed by atoms with van der Waals surface area (Å²) in [7, 11) is 0. The Balaban J connectivity index is -0.0000000546. The van der Waals surface area contributed by atoms with Crippen molar-refractivity contribution in [3.8, 4) is 0 Å². The number of aliphatic hydroxyl groups is 3. The van der Waals surface area contributed by atoms with Crippen molar-refractivity contribution in [3.05, 3.63) is 0 Å². The molecular weight excluding hydrogens is 524 g/mol. The van der Waals surface area contributed by atoms with Gasteiger partial charge in [-0.05, 0) is 0 Å². The molecule has 0 aliphatic heterocycles. The van der Waals surface area contributed by atoms with Crippen molar-refractivity contribution in [2.45, 2.75) is 30.7 Å². The molecule has 0 aromatic heterocycles. The van der Waals surface area contributed by atoms with Crippen LogP contribution in [0, 0.1) is 0 Å². The van der Waals surface area contributed by atoms with Gasteiger partial charge in [0.05, 0.1) is 17.9 Å². The maximum atomic E-state index is 10.1. The molecule has 2 atom stereocenters. The van der Waals surface area contributed by atoms with Crippen LogP contribution in [0.15, 0.2) is 0 Å². The van der Waals surface area contributed by atoms with Gasteiger partial charge in [-0.1, -0.05) is 0 Å². The van der Waals surface area contributed by atoms with Crippen molar-refractivity contribution < 1.29 is 322 Å². The fourth-order valence-electron chi connectivity index (χ4n) is 0.942. The van der Waals surface area contributed by atoms with Gasteiger partial charge in [-0.2, -0.15) is 0 Å². The van der Waals surface area contributed by atoms with Crippen LogP contribution >= 0.6 is 0 Å². The third-order valence-corrected chi connectivity index (χ3v) is 2.04. The second kappa shape index (κ2) is 27.0. The minimum absolute atomic E-state index is 0. The van der Waals surface area contributed by atoms with E-state index in [9.17, 15) is 49.5 Å². The van der Waals surface area contributed by atoms with E-state index < -0.39 is 60.5 Å². The molecule has 0 rings (SSSR count). The first-order valence-electron chi connectivity index (χ1n) is 5.36. The molecule has 0 heterocycles. The van der Waals surface area contributed by atoms with Gasteiger partial charge in [-0.25, -0.2) is 0 Å². The van der Waals surface area contributed by atoms with Crippen LogP contribution in [0.5, 0.6) is 0 Å². The van der Waals surface area contributed by atoms with Crippen molar-refractivity contribution in [3.63, 3.8) is 0 Å². The normalized spacial score (nSPS) is 10.7. The number of carbonyl (C=O) groups is 5. The molecule has 0 radical (unpaired) electrons. The van der Waals surface area contributed by atoms with Gasteiger partial charge < -0.3 is 64.8 Å². The Kier molecular flexibility index (Phi) is 48.5. The van der Waals surface area contributed by atoms with Gasteiger partial charge in [0.25, 0.3) is 0 Å². The van der Waals surface area contributed by atoms with Gasteiger partial charge in [0, 0.05) is 24.8 Å². The van der Waals surface area contributed by atoms with Crippen LogP contribution < -0.4 is 282 Å². The van der Waals surface area contributed by atoms with Crippen LogP contribution in [-0.4, -0.2) is 63.0 Å². The standard InChI is InChI=1S/C6H8O7.C4H6O6.5K/c7-3(8)1-6(13,5(11)12)2-4(9)10;5-1(3(7)8)2(6)4(9)10;;;;;/h13H,1-2H2,(H,7,8)(H,9,10)(H,11,12);1-2,5-6H,(H,7,8)(H,9,10);;;;;/q;;5*+1/p-5. The Morgan fingerprint density at radius 3 is 0.964 bits per heavy atom. The third-order valence-electron chi connectivity index (χ3n) is 2.04. The van der Waals surface area contributed by atoms with Crippen LogP contribution in [0.25, 0.3) is 0 Å². The quantitative estimate of drug-likeness (QED) is 0.245. The van der Waals surface area contributed by atoms with Crippen molar-refractivity contribution in [1.82, 2.24) is 0 Å². The monoisotopic (exact) mass is 532 g/mol. The zero-order chi connectivity index (χ0) is 19.0. The number of carbonyl (C=O) groups excluding carboxylic acids is 5. The van der Waals surface area contributed by atoms with E-state index in [0.29, 0.717) is 0 Å². The van der Waals surface area contributed by atoms with Gasteiger partial charge in [-0.15, -0.1) is 0 Å². The second-order valence-electron chi connectivity index (χ2n) is 3.94. The summed E-state index contributed by atoms with van der Waals surface area (Å²) >= 11 is 0. The summed E-state index contributed by atoms with van der Waals surface area (Å²) in [5.41, 5.74) is -2.97. The summed E-state index contributed by atoms with van der Waals surface area (Å²) in [5.74, 6) is -10.1. The van der Waals surface area contributed by atoms with Crippen molar-refractivity contribution >= 4 is 29.8 Å². The van der Waals surface area contributed by atoms with Crippen molar-refractivity contribution in [2.24, 2.45) is 0 Å². The molecule has 0 spiro atoms. The summed E-state index contributed by atoms with van der Waals surface area (Å²) in [6.45, 7) is 0. The predicted molar refractivity (Wildman–Crippen MR) is 51.2 cm³/mol. The van der Waals surface area contributed by atoms with Crippen LogP contribution in [0.3, 0.4) is 0 Å². The van der Waals surface area contributed by atoms with Gasteiger partial charge in [0.2, 0.25) is 0 Å². The Bertz CT molecular complexity index is 466. The molecule has 0 aliphatic rings. The number of carboxylic acids is 5. The van der Waals surface area contributed by atoms with Gasteiger partial charge >= 0.3 is 257 Å². The Hall–Kier alpha value is 5.41. The molecular formula is C10H9K5O13. The van der Waals surface area contributed by atoms with Crippen molar-refractivity contribution in [1.29, 1.82) is 0 Å². The minimum atomic E-state index is -2.97. The smallest absolute Gasteiger partial charge is 0.550 e. The van der Waals surface area contributed by atoms with Gasteiger partial charge in [0.15, 0.2) is 0 Å². The largest absolute Gasteiger partial charge is 1.00 e. The molecule has 0 bridgehead atoms. The van der Waals surface area contributed by atoms with E-state index in [2.05, 4.69) is 0 Å². The van der Waals surface area contributed by atoms with E-state index in [1.807, 2.05) is 0 Å². The zero-order valence-corrected chi connectivity index (χ0v) is 31.6. The summed E-state index contributed by atoms with van der Waals surface area (Å²) in [6.07, 6.45) is -7.60. The summed E-state index contributed by atoms with van der Waals surface area (Å²) < 4.78 is 0. The van der Waals surface area contributed by atoms with Crippen LogP contribution in [-0.2, 0) is 24.0 Å². The van der Waals surface area contributed by atoms with E-state index in [0.717, 1.165) is 0 Å². The molecule has 0 aromatic carbocycles. The molecule has 0 aliphatic carbocycles. The van der Waals surface area contributed by atoms with Crippen LogP contribution in [0.2, 0.25) is 0 Å². The van der Waals surface area contributed by atoms with Crippen LogP contribution in [0.4, 0.5) is 0 Å². The van der Waals surface area contributed by atoms with Crippen molar-refractivity contribution in [2.75, 3.05) is 0 Å². The molecule has 0 saturated heterocycles. The Morgan fingerprint density at radius 1 is 0.643 bits per heavy atom. The molecule has 0 amide bonds. The molecule has 132 valence electrons. The fraction of sp³-hybridized carbons (Fsp3) is 0.500. The number of carboxylic acid groups (broad SMARTS) is 5. The first-order valence-corrected chi connectivity index (χ1v) is 5.36. The number of aliphatic hydroxyl groups excluding tert-OH is 2. The first-order chi connectivity index (χ1) is 10.2. The minimum Gasteiger partial charge on any atom is -0.550 e. The summed E-state index contributed by atoms with van der Waals surface area (Å²) in [5, 5.41) is 74.7. The molecule has 0 fully saturated rings. The molecule has 0 aromatic rings. The second-order valence-corrected chi connectivity index (χ2v) is 3.94. The first kappa shape index (κ1) is 50.3. The fourth-order valence-corrected chi connectivity index (χ4v) is 0.942. The van der Waals surface area contributed by atoms with E-state index in [1.165, 1.54) is 0 Å². The predicted octanol–water partition coefficient (Wildman–Crippen LogP) is -25.0. The van der Waals surface area contributed by atoms with Crippen LogP contribution in [0.1, 0.15) is 12.8 Å². The van der Waals surface area contributed by atoms with Gasteiger partial charge in [0.1, 0.15) is 17.8 Å².